The molecule has 0 saturated carbocycles. The number of nitrogens with zero attached hydrogens (tertiary/aromatic N) is 1. The zero-order chi connectivity index (χ0) is 18.6. The largest absolute Gasteiger partial charge is 0.507 e. The van der Waals surface area contributed by atoms with Crippen molar-refractivity contribution in [3.05, 3.63) is 63.6 Å². The summed E-state index contributed by atoms with van der Waals surface area (Å²) in [6.45, 7) is 1.00. The maximum atomic E-state index is 12.8. The van der Waals surface area contributed by atoms with Gasteiger partial charge in [-0.05, 0) is 18.6 Å². The number of aryl methyl sites for hydroxylation is 1. The molecule has 0 amide bonds. The molecule has 0 aliphatic rings. The Morgan fingerprint density at radius 1 is 1.24 bits per heavy atom. The number of methoxy groups -OCH3 is 1. The van der Waals surface area contributed by atoms with Crippen LogP contribution in [0.25, 0.3) is 0 Å². The summed E-state index contributed by atoms with van der Waals surface area (Å²) in [5.41, 5.74) is 0.297. The molecule has 7 nitrogen and oxygen atoms in total. The maximum absolute atomic E-state index is 12.8. The standard InChI is InChI=1S/C18H19NO6/c1-11-8-14(20)17(18(24)19(11)10-15(21)22)13(9-16(23)25-2)12-6-4-3-5-7-12/h3-8,13,20H,9-10H2,1-2H3,(H,21,22)/t13-/m0/s1. The zero-order valence-corrected chi connectivity index (χ0v) is 13.9. The van der Waals surface area contributed by atoms with E-state index in [1.165, 1.54) is 20.1 Å². The number of esters is 1. The Morgan fingerprint density at radius 2 is 1.88 bits per heavy atom. The quantitative estimate of drug-likeness (QED) is 0.771. The van der Waals surface area contributed by atoms with Crippen molar-refractivity contribution in [1.29, 1.82) is 0 Å². The van der Waals surface area contributed by atoms with Crippen molar-refractivity contribution in [3.63, 3.8) is 0 Å². The molecule has 0 bridgehead atoms. The lowest BCUT2D eigenvalue weighted by Gasteiger charge is -2.20. The minimum absolute atomic E-state index is 0.0246. The lowest BCUT2D eigenvalue weighted by molar-refractivity contribution is -0.141. The van der Waals surface area contributed by atoms with E-state index in [1.54, 1.807) is 30.3 Å². The Kier molecular flexibility index (Phi) is 5.59. The number of hydrogen-bond donors (Lipinski definition) is 2. The van der Waals surface area contributed by atoms with Gasteiger partial charge in [0.2, 0.25) is 0 Å². The fourth-order valence-electron chi connectivity index (χ4n) is 2.75. The van der Waals surface area contributed by atoms with Gasteiger partial charge in [-0.25, -0.2) is 0 Å². The third kappa shape index (κ3) is 4.06. The molecular formula is C18H19NO6. The van der Waals surface area contributed by atoms with Gasteiger partial charge in [-0.15, -0.1) is 0 Å². The summed E-state index contributed by atoms with van der Waals surface area (Å²) in [5.74, 6) is -2.74. The van der Waals surface area contributed by atoms with Crippen LogP contribution in [0.15, 0.2) is 41.2 Å². The molecule has 0 radical (unpaired) electrons. The molecule has 1 atom stereocenters. The van der Waals surface area contributed by atoms with Crippen molar-refractivity contribution >= 4 is 11.9 Å². The second-order valence-electron chi connectivity index (χ2n) is 5.61. The fourth-order valence-corrected chi connectivity index (χ4v) is 2.75. The van der Waals surface area contributed by atoms with Gasteiger partial charge in [0, 0.05) is 11.6 Å². The molecule has 0 spiro atoms. The van der Waals surface area contributed by atoms with Crippen molar-refractivity contribution in [2.45, 2.75) is 25.8 Å². The van der Waals surface area contributed by atoms with Gasteiger partial charge in [-0.1, -0.05) is 30.3 Å². The zero-order valence-electron chi connectivity index (χ0n) is 13.9. The Balaban J connectivity index is 2.66. The van der Waals surface area contributed by atoms with E-state index >= 15 is 0 Å². The Hall–Kier alpha value is -3.09. The number of ether oxygens (including phenoxy) is 1. The van der Waals surface area contributed by atoms with Gasteiger partial charge >= 0.3 is 11.9 Å². The first-order valence-corrected chi connectivity index (χ1v) is 7.62. The second kappa shape index (κ2) is 7.65. The summed E-state index contributed by atoms with van der Waals surface area (Å²) < 4.78 is 5.76. The number of aromatic hydroxyl groups is 1. The highest BCUT2D eigenvalue weighted by Gasteiger charge is 2.26. The summed E-state index contributed by atoms with van der Waals surface area (Å²) in [4.78, 5) is 35.7. The lowest BCUT2D eigenvalue weighted by Crippen LogP contribution is -2.30. The van der Waals surface area contributed by atoms with E-state index in [0.717, 1.165) is 4.57 Å². The Labute approximate surface area is 144 Å². The molecule has 1 heterocycles. The smallest absolute Gasteiger partial charge is 0.323 e. The number of carbonyl (C=O) groups excluding carboxylic acids is 1. The molecule has 132 valence electrons. The third-order valence-electron chi connectivity index (χ3n) is 3.97. The molecule has 25 heavy (non-hydrogen) atoms. The number of hydrogen-bond acceptors (Lipinski definition) is 5. The van der Waals surface area contributed by atoms with Crippen LogP contribution in [0, 0.1) is 6.92 Å². The molecule has 0 saturated heterocycles. The predicted molar refractivity (Wildman–Crippen MR) is 89.7 cm³/mol. The number of carboxylic acid groups (broad SMARTS) is 1. The summed E-state index contributed by atoms with van der Waals surface area (Å²) in [5, 5.41) is 19.4. The number of aromatic nitrogens is 1. The van der Waals surface area contributed by atoms with Crippen LogP contribution in [0.1, 0.15) is 29.2 Å². The summed E-state index contributed by atoms with van der Waals surface area (Å²) in [6.07, 6.45) is -0.153. The van der Waals surface area contributed by atoms with E-state index in [0.29, 0.717) is 11.3 Å². The average molecular weight is 345 g/mol. The molecule has 0 aliphatic heterocycles. The van der Waals surface area contributed by atoms with Crippen molar-refractivity contribution in [2.24, 2.45) is 0 Å². The first-order chi connectivity index (χ1) is 11.8. The van der Waals surface area contributed by atoms with Crippen LogP contribution < -0.4 is 5.56 Å². The van der Waals surface area contributed by atoms with Gasteiger partial charge in [-0.2, -0.15) is 0 Å². The Bertz CT molecular complexity index is 841. The number of pyridine rings is 1. The topological polar surface area (TPSA) is 106 Å². The molecule has 1 aromatic heterocycles. The van der Waals surface area contributed by atoms with Crippen LogP contribution in [0.2, 0.25) is 0 Å². The number of benzene rings is 1. The van der Waals surface area contributed by atoms with Gasteiger partial charge in [0.15, 0.2) is 0 Å². The first kappa shape index (κ1) is 18.3. The van der Waals surface area contributed by atoms with Crippen LogP contribution in [0.3, 0.4) is 0 Å². The van der Waals surface area contributed by atoms with Crippen molar-refractivity contribution in [1.82, 2.24) is 4.57 Å². The van der Waals surface area contributed by atoms with Gasteiger partial charge < -0.3 is 19.5 Å². The monoisotopic (exact) mass is 345 g/mol. The maximum Gasteiger partial charge on any atom is 0.323 e. The lowest BCUT2D eigenvalue weighted by atomic mass is 9.88. The van der Waals surface area contributed by atoms with E-state index in [-0.39, 0.29) is 17.7 Å². The molecule has 0 aliphatic carbocycles. The highest BCUT2D eigenvalue weighted by molar-refractivity contribution is 5.71. The molecular weight excluding hydrogens is 326 g/mol. The van der Waals surface area contributed by atoms with Gasteiger partial charge in [0.25, 0.3) is 5.56 Å². The SMILES string of the molecule is COC(=O)C[C@@H](c1ccccc1)c1c(O)cc(C)n(CC(=O)O)c1=O. The molecule has 2 aromatic rings. The minimum atomic E-state index is -1.17. The van der Waals surface area contributed by atoms with Crippen LogP contribution in [-0.4, -0.2) is 33.8 Å². The molecule has 1 aromatic carbocycles. The van der Waals surface area contributed by atoms with Crippen LogP contribution >= 0.6 is 0 Å². The van der Waals surface area contributed by atoms with E-state index in [2.05, 4.69) is 0 Å². The summed E-state index contributed by atoms with van der Waals surface area (Å²) in [7, 11) is 1.24. The highest BCUT2D eigenvalue weighted by atomic mass is 16.5. The molecule has 0 unspecified atom stereocenters. The van der Waals surface area contributed by atoms with Crippen LogP contribution in [0.5, 0.6) is 5.75 Å². The van der Waals surface area contributed by atoms with E-state index in [1.807, 2.05) is 0 Å². The summed E-state index contributed by atoms with van der Waals surface area (Å²) >= 11 is 0. The van der Waals surface area contributed by atoms with E-state index in [4.69, 9.17) is 9.84 Å². The van der Waals surface area contributed by atoms with Crippen molar-refractivity contribution < 1.29 is 24.5 Å². The Morgan fingerprint density at radius 3 is 2.44 bits per heavy atom. The van der Waals surface area contributed by atoms with Gasteiger partial charge in [0.1, 0.15) is 12.3 Å². The number of carboxylic acids is 1. The van der Waals surface area contributed by atoms with E-state index < -0.39 is 30.0 Å². The first-order valence-electron chi connectivity index (χ1n) is 7.62. The minimum Gasteiger partial charge on any atom is -0.507 e. The van der Waals surface area contributed by atoms with E-state index in [9.17, 15) is 19.5 Å². The van der Waals surface area contributed by atoms with Crippen molar-refractivity contribution in [2.75, 3.05) is 7.11 Å². The number of aliphatic carboxylic acids is 1. The molecule has 2 N–H and O–H groups in total. The predicted octanol–water partition coefficient (Wildman–Crippen LogP) is 1.64. The fraction of sp³-hybridized carbons (Fsp3) is 0.278. The molecule has 0 fully saturated rings. The second-order valence-corrected chi connectivity index (χ2v) is 5.61. The summed E-state index contributed by atoms with van der Waals surface area (Å²) in [6, 6.07) is 10.1. The molecule has 7 heteroatoms. The highest BCUT2D eigenvalue weighted by Crippen LogP contribution is 2.32. The molecule has 2 rings (SSSR count). The average Bonchev–Trinajstić information content (AvgIpc) is 2.58. The van der Waals surface area contributed by atoms with Gasteiger partial charge in [-0.3, -0.25) is 14.4 Å². The van der Waals surface area contributed by atoms with Crippen LogP contribution in [0.4, 0.5) is 0 Å². The third-order valence-corrected chi connectivity index (χ3v) is 3.97. The number of carbonyl (C=O) groups is 2. The van der Waals surface area contributed by atoms with Crippen molar-refractivity contribution in [3.8, 4) is 5.75 Å². The van der Waals surface area contributed by atoms with Crippen LogP contribution in [-0.2, 0) is 20.9 Å². The number of rotatable bonds is 6. The van der Waals surface area contributed by atoms with Gasteiger partial charge in [0.05, 0.1) is 19.1 Å². The normalized spacial score (nSPS) is 11.8.